The quantitative estimate of drug-likeness (QED) is 0.829. The lowest BCUT2D eigenvalue weighted by Crippen LogP contribution is -2.45. The average Bonchev–Trinajstić information content (AvgIpc) is 2.46. The van der Waals surface area contributed by atoms with Crippen LogP contribution in [-0.2, 0) is 0 Å². The van der Waals surface area contributed by atoms with Crippen molar-refractivity contribution in [1.82, 2.24) is 5.32 Å². The molecule has 5 heteroatoms. The predicted molar refractivity (Wildman–Crippen MR) is 72.4 cm³/mol. The Hall–Kier alpha value is -0.290. The molecule has 0 aliphatic heterocycles. The molecule has 0 radical (unpaired) electrons. The lowest BCUT2D eigenvalue weighted by Gasteiger charge is -2.38. The van der Waals surface area contributed by atoms with E-state index >= 15 is 0 Å². The monoisotopic (exact) mass is 293 g/mol. The second-order valence-corrected chi connectivity index (χ2v) is 6.70. The Morgan fingerprint density at radius 1 is 1.05 bits per heavy atom. The van der Waals surface area contributed by atoms with Gasteiger partial charge in [0.1, 0.15) is 0 Å². The molecule has 2 aliphatic carbocycles. The maximum Gasteiger partial charge on any atom is 0.391 e. The molecule has 2 N–H and O–H groups in total. The van der Waals surface area contributed by atoms with Crippen LogP contribution in [0.3, 0.4) is 0 Å². The summed E-state index contributed by atoms with van der Waals surface area (Å²) in [6.07, 6.45) is 3.33. The number of rotatable bonds is 4. The number of hydrogen-bond donors (Lipinski definition) is 2. The highest BCUT2D eigenvalue weighted by Crippen LogP contribution is 2.39. The molecule has 2 atom stereocenters. The fraction of sp³-hybridized carbons (Fsp3) is 1.00. The molecule has 2 fully saturated rings. The molecule has 0 aromatic rings. The summed E-state index contributed by atoms with van der Waals surface area (Å²) in [4.78, 5) is 0. The van der Waals surface area contributed by atoms with Crippen LogP contribution in [0.4, 0.5) is 13.2 Å². The van der Waals surface area contributed by atoms with Crippen LogP contribution in [0.5, 0.6) is 0 Å². The van der Waals surface area contributed by atoms with Gasteiger partial charge in [0.25, 0.3) is 0 Å². The molecule has 2 aliphatic rings. The lowest BCUT2D eigenvalue weighted by molar-refractivity contribution is -0.183. The van der Waals surface area contributed by atoms with Crippen molar-refractivity contribution >= 4 is 0 Å². The molecule has 2 unspecified atom stereocenters. The van der Waals surface area contributed by atoms with E-state index < -0.39 is 12.1 Å². The van der Waals surface area contributed by atoms with Gasteiger partial charge in [0.2, 0.25) is 0 Å². The first-order valence-corrected chi connectivity index (χ1v) is 7.86. The van der Waals surface area contributed by atoms with Crippen molar-refractivity contribution in [2.24, 2.45) is 11.3 Å². The number of aliphatic hydroxyl groups excluding tert-OH is 1. The first-order chi connectivity index (χ1) is 9.45. The lowest BCUT2D eigenvalue weighted by atomic mass is 9.74. The fourth-order valence-electron chi connectivity index (χ4n) is 3.73. The molecule has 0 bridgehead atoms. The SMILES string of the molecule is OCC1(CNC2CCCC(C(F)(F)F)C2)CCCCC1. The Kier molecular flexibility index (Phi) is 5.35. The first kappa shape index (κ1) is 16.1. The van der Waals surface area contributed by atoms with Crippen molar-refractivity contribution in [2.45, 2.75) is 70.0 Å². The zero-order valence-corrected chi connectivity index (χ0v) is 12.0. The minimum atomic E-state index is -4.06. The molecule has 0 saturated heterocycles. The summed E-state index contributed by atoms with van der Waals surface area (Å²) in [7, 11) is 0. The van der Waals surface area contributed by atoms with Gasteiger partial charge in [0.05, 0.1) is 5.92 Å². The topological polar surface area (TPSA) is 32.3 Å². The molecule has 0 amide bonds. The Labute approximate surface area is 119 Å². The van der Waals surface area contributed by atoms with E-state index in [4.69, 9.17) is 0 Å². The van der Waals surface area contributed by atoms with Gasteiger partial charge in [-0.25, -0.2) is 0 Å². The highest BCUT2D eigenvalue weighted by atomic mass is 19.4. The summed E-state index contributed by atoms with van der Waals surface area (Å²) in [5, 5.41) is 13.0. The van der Waals surface area contributed by atoms with E-state index in [9.17, 15) is 18.3 Å². The summed E-state index contributed by atoms with van der Waals surface area (Å²) >= 11 is 0. The van der Waals surface area contributed by atoms with Crippen molar-refractivity contribution in [1.29, 1.82) is 0 Å². The van der Waals surface area contributed by atoms with Gasteiger partial charge in [0.15, 0.2) is 0 Å². The van der Waals surface area contributed by atoms with E-state index in [0.717, 1.165) is 32.1 Å². The van der Waals surface area contributed by atoms with Crippen molar-refractivity contribution in [3.8, 4) is 0 Å². The smallest absolute Gasteiger partial charge is 0.391 e. The van der Waals surface area contributed by atoms with Crippen LogP contribution in [0.1, 0.15) is 57.8 Å². The first-order valence-electron chi connectivity index (χ1n) is 7.86. The van der Waals surface area contributed by atoms with E-state index in [-0.39, 0.29) is 30.9 Å². The maximum absolute atomic E-state index is 12.8. The van der Waals surface area contributed by atoms with Crippen LogP contribution < -0.4 is 5.32 Å². The summed E-state index contributed by atoms with van der Waals surface area (Å²) in [5.74, 6) is -1.15. The summed E-state index contributed by atoms with van der Waals surface area (Å²) in [6, 6.07) is -0.0410. The highest BCUT2D eigenvalue weighted by molar-refractivity contribution is 4.88. The zero-order valence-electron chi connectivity index (χ0n) is 12.0. The Morgan fingerprint density at radius 3 is 2.35 bits per heavy atom. The van der Waals surface area contributed by atoms with Crippen LogP contribution in [0.2, 0.25) is 0 Å². The number of nitrogens with one attached hydrogen (secondary N) is 1. The molecule has 0 heterocycles. The van der Waals surface area contributed by atoms with Gasteiger partial charge < -0.3 is 10.4 Å². The number of aliphatic hydroxyl groups is 1. The molecule has 118 valence electrons. The molecule has 0 aromatic heterocycles. The second-order valence-electron chi connectivity index (χ2n) is 6.70. The average molecular weight is 293 g/mol. The van der Waals surface area contributed by atoms with Crippen LogP contribution >= 0.6 is 0 Å². The van der Waals surface area contributed by atoms with Crippen molar-refractivity contribution in [2.75, 3.05) is 13.2 Å². The van der Waals surface area contributed by atoms with Gasteiger partial charge in [-0.05, 0) is 32.1 Å². The van der Waals surface area contributed by atoms with E-state index in [2.05, 4.69) is 5.32 Å². The van der Waals surface area contributed by atoms with Crippen molar-refractivity contribution < 1.29 is 18.3 Å². The minimum absolute atomic E-state index is 0.0410. The third-order valence-corrected chi connectivity index (χ3v) is 5.15. The molecule has 2 saturated carbocycles. The highest BCUT2D eigenvalue weighted by Gasteiger charge is 2.42. The fourth-order valence-corrected chi connectivity index (χ4v) is 3.73. The molecule has 0 aromatic carbocycles. The van der Waals surface area contributed by atoms with Crippen molar-refractivity contribution in [3.05, 3.63) is 0 Å². The van der Waals surface area contributed by atoms with Crippen molar-refractivity contribution in [3.63, 3.8) is 0 Å². The normalized spacial score (nSPS) is 31.2. The summed E-state index contributed by atoms with van der Waals surface area (Å²) < 4.78 is 38.3. The molecule has 2 nitrogen and oxygen atoms in total. The molecule has 0 spiro atoms. The predicted octanol–water partition coefficient (Wildman–Crippen LogP) is 3.64. The molecule has 20 heavy (non-hydrogen) atoms. The number of alkyl halides is 3. The second kappa shape index (κ2) is 6.65. The van der Waals surface area contributed by atoms with Crippen LogP contribution in [0.25, 0.3) is 0 Å². The maximum atomic E-state index is 12.8. The Bertz CT molecular complexity index is 300. The van der Waals surface area contributed by atoms with E-state index in [1.165, 1.54) is 6.42 Å². The minimum Gasteiger partial charge on any atom is -0.396 e. The van der Waals surface area contributed by atoms with Crippen LogP contribution in [-0.4, -0.2) is 30.5 Å². The van der Waals surface area contributed by atoms with Gasteiger partial charge in [-0.2, -0.15) is 13.2 Å². The Morgan fingerprint density at radius 2 is 1.75 bits per heavy atom. The Balaban J connectivity index is 1.83. The van der Waals surface area contributed by atoms with Crippen LogP contribution in [0.15, 0.2) is 0 Å². The summed E-state index contributed by atoms with van der Waals surface area (Å²) in [5.41, 5.74) is -0.0938. The van der Waals surface area contributed by atoms with E-state index in [1.54, 1.807) is 0 Å². The van der Waals surface area contributed by atoms with Gasteiger partial charge in [0, 0.05) is 24.6 Å². The van der Waals surface area contributed by atoms with E-state index in [1.807, 2.05) is 0 Å². The number of hydrogen-bond acceptors (Lipinski definition) is 2. The zero-order chi connectivity index (χ0) is 14.6. The standard InChI is InChI=1S/C15H26F3NO/c16-15(17,18)12-5-4-6-13(9-12)19-10-14(11-20)7-2-1-3-8-14/h12-13,19-20H,1-11H2. The van der Waals surface area contributed by atoms with Crippen LogP contribution in [0, 0.1) is 11.3 Å². The third-order valence-electron chi connectivity index (χ3n) is 5.15. The van der Waals surface area contributed by atoms with Gasteiger partial charge >= 0.3 is 6.18 Å². The largest absolute Gasteiger partial charge is 0.396 e. The van der Waals surface area contributed by atoms with Gasteiger partial charge in [-0.1, -0.05) is 25.7 Å². The summed E-state index contributed by atoms with van der Waals surface area (Å²) in [6.45, 7) is 0.814. The molecular weight excluding hydrogens is 267 g/mol. The number of halogens is 3. The third kappa shape index (κ3) is 4.10. The molecule has 2 rings (SSSR count). The van der Waals surface area contributed by atoms with Gasteiger partial charge in [-0.15, -0.1) is 0 Å². The van der Waals surface area contributed by atoms with Gasteiger partial charge in [-0.3, -0.25) is 0 Å². The van der Waals surface area contributed by atoms with E-state index in [0.29, 0.717) is 13.0 Å². The molecular formula is C15H26F3NO.